The fourth-order valence-corrected chi connectivity index (χ4v) is 3.61. The van der Waals surface area contributed by atoms with Gasteiger partial charge in [0.05, 0.1) is 13.2 Å². The molecule has 140 valence electrons. The van der Waals surface area contributed by atoms with E-state index >= 15 is 0 Å². The van der Waals surface area contributed by atoms with E-state index in [1.165, 1.54) is 6.33 Å². The van der Waals surface area contributed by atoms with E-state index in [-0.39, 0.29) is 6.03 Å². The molecule has 0 spiro atoms. The highest BCUT2D eigenvalue weighted by atomic mass is 16.5. The molecule has 0 radical (unpaired) electrons. The van der Waals surface area contributed by atoms with Gasteiger partial charge in [0, 0.05) is 39.1 Å². The van der Waals surface area contributed by atoms with Gasteiger partial charge < -0.3 is 19.1 Å². The SMILES string of the molecule is Cn1c(Cn2cncn2)nnc1C1CCN(C(=O)N2CCOCC2)CC1. The van der Waals surface area contributed by atoms with Crippen LogP contribution in [0.5, 0.6) is 0 Å². The van der Waals surface area contributed by atoms with E-state index in [9.17, 15) is 4.79 Å². The molecule has 26 heavy (non-hydrogen) atoms. The van der Waals surface area contributed by atoms with Crippen LogP contribution in [-0.2, 0) is 18.3 Å². The van der Waals surface area contributed by atoms with Crippen LogP contribution in [0, 0.1) is 0 Å². The van der Waals surface area contributed by atoms with Gasteiger partial charge in [0.2, 0.25) is 0 Å². The fourth-order valence-electron chi connectivity index (χ4n) is 3.61. The van der Waals surface area contributed by atoms with Crippen molar-refractivity contribution in [3.05, 3.63) is 24.3 Å². The Morgan fingerprint density at radius 1 is 1.15 bits per heavy atom. The Kier molecular flexibility index (Phi) is 4.83. The maximum Gasteiger partial charge on any atom is 0.320 e. The first kappa shape index (κ1) is 17.0. The Hall–Kier alpha value is -2.49. The summed E-state index contributed by atoms with van der Waals surface area (Å²) in [5.74, 6) is 2.17. The van der Waals surface area contributed by atoms with Gasteiger partial charge in [0.15, 0.2) is 5.82 Å². The maximum absolute atomic E-state index is 12.6. The molecule has 0 aromatic carbocycles. The van der Waals surface area contributed by atoms with Crippen molar-refractivity contribution in [2.75, 3.05) is 39.4 Å². The van der Waals surface area contributed by atoms with Crippen LogP contribution in [0.25, 0.3) is 0 Å². The standard InChI is InChI=1S/C16H24N8O2/c1-21-14(10-24-12-17-11-18-24)19-20-15(21)13-2-4-22(5-3-13)16(25)23-6-8-26-9-7-23/h11-13H,2-10H2,1H3. The topological polar surface area (TPSA) is 94.2 Å². The van der Waals surface area contributed by atoms with Crippen LogP contribution in [0.15, 0.2) is 12.7 Å². The van der Waals surface area contributed by atoms with Crippen LogP contribution in [0.1, 0.15) is 30.4 Å². The second-order valence-corrected chi connectivity index (χ2v) is 6.77. The van der Waals surface area contributed by atoms with E-state index in [4.69, 9.17) is 4.74 Å². The minimum absolute atomic E-state index is 0.136. The van der Waals surface area contributed by atoms with Crippen molar-refractivity contribution in [1.29, 1.82) is 0 Å². The maximum atomic E-state index is 12.6. The van der Waals surface area contributed by atoms with Crippen LogP contribution in [-0.4, -0.2) is 84.8 Å². The van der Waals surface area contributed by atoms with Crippen molar-refractivity contribution in [3.63, 3.8) is 0 Å². The Morgan fingerprint density at radius 2 is 1.88 bits per heavy atom. The van der Waals surface area contributed by atoms with Crippen LogP contribution >= 0.6 is 0 Å². The van der Waals surface area contributed by atoms with Crippen LogP contribution in [0.4, 0.5) is 4.79 Å². The first-order chi connectivity index (χ1) is 12.7. The van der Waals surface area contributed by atoms with Gasteiger partial charge in [0.1, 0.15) is 25.0 Å². The summed E-state index contributed by atoms with van der Waals surface area (Å²) < 4.78 is 9.11. The molecule has 2 aliphatic heterocycles. The van der Waals surface area contributed by atoms with Crippen molar-refractivity contribution in [1.82, 2.24) is 39.3 Å². The quantitative estimate of drug-likeness (QED) is 0.770. The predicted molar refractivity (Wildman–Crippen MR) is 91.5 cm³/mol. The Labute approximate surface area is 151 Å². The van der Waals surface area contributed by atoms with Crippen molar-refractivity contribution in [3.8, 4) is 0 Å². The second-order valence-electron chi connectivity index (χ2n) is 6.77. The number of ether oxygens (including phenoxy) is 1. The molecule has 0 saturated carbocycles. The highest BCUT2D eigenvalue weighted by molar-refractivity contribution is 5.74. The number of carbonyl (C=O) groups excluding carboxylic acids is 1. The normalized spacial score (nSPS) is 19.1. The largest absolute Gasteiger partial charge is 0.378 e. The number of urea groups is 1. The molecule has 0 atom stereocenters. The molecule has 10 heteroatoms. The van der Waals surface area contributed by atoms with E-state index in [2.05, 4.69) is 20.3 Å². The summed E-state index contributed by atoms with van der Waals surface area (Å²) >= 11 is 0. The lowest BCUT2D eigenvalue weighted by molar-refractivity contribution is 0.0410. The number of aromatic nitrogens is 6. The average Bonchev–Trinajstić information content (AvgIpc) is 3.33. The molecule has 4 rings (SSSR count). The molecular formula is C16H24N8O2. The molecule has 2 saturated heterocycles. The number of piperidine rings is 1. The summed E-state index contributed by atoms with van der Waals surface area (Å²) in [7, 11) is 1.99. The molecule has 0 unspecified atom stereocenters. The molecule has 2 aromatic rings. The van der Waals surface area contributed by atoms with E-state index in [1.807, 2.05) is 21.4 Å². The van der Waals surface area contributed by atoms with Crippen molar-refractivity contribution < 1.29 is 9.53 Å². The zero-order chi connectivity index (χ0) is 17.9. The first-order valence-electron chi connectivity index (χ1n) is 9.04. The van der Waals surface area contributed by atoms with E-state index < -0.39 is 0 Å². The monoisotopic (exact) mass is 360 g/mol. The van der Waals surface area contributed by atoms with Crippen molar-refractivity contribution in [2.24, 2.45) is 7.05 Å². The Bertz CT molecular complexity index is 730. The van der Waals surface area contributed by atoms with Gasteiger partial charge in [-0.05, 0) is 12.8 Å². The Morgan fingerprint density at radius 3 is 2.58 bits per heavy atom. The molecule has 2 amide bonds. The highest BCUT2D eigenvalue weighted by Crippen LogP contribution is 2.27. The molecular weight excluding hydrogens is 336 g/mol. The lowest BCUT2D eigenvalue weighted by Gasteiger charge is -2.36. The zero-order valence-corrected chi connectivity index (χ0v) is 15.0. The van der Waals surface area contributed by atoms with Gasteiger partial charge in [-0.25, -0.2) is 14.5 Å². The summed E-state index contributed by atoms with van der Waals surface area (Å²) in [6, 6.07) is 0.136. The lowest BCUT2D eigenvalue weighted by Crippen LogP contribution is -2.50. The zero-order valence-electron chi connectivity index (χ0n) is 15.0. The number of morpholine rings is 1. The summed E-state index contributed by atoms with van der Waals surface area (Å²) in [5.41, 5.74) is 0. The fraction of sp³-hybridized carbons (Fsp3) is 0.688. The predicted octanol–water partition coefficient (Wildman–Crippen LogP) is 0.0865. The lowest BCUT2D eigenvalue weighted by atomic mass is 9.96. The van der Waals surface area contributed by atoms with Gasteiger partial charge >= 0.3 is 6.03 Å². The third-order valence-corrected chi connectivity index (χ3v) is 5.18. The number of carbonyl (C=O) groups is 1. The van der Waals surface area contributed by atoms with E-state index in [1.54, 1.807) is 11.0 Å². The molecule has 0 aliphatic carbocycles. The van der Waals surface area contributed by atoms with Gasteiger partial charge in [-0.15, -0.1) is 10.2 Å². The minimum atomic E-state index is 0.136. The van der Waals surface area contributed by atoms with Gasteiger partial charge in [-0.2, -0.15) is 5.10 Å². The van der Waals surface area contributed by atoms with E-state index in [0.29, 0.717) is 38.8 Å². The van der Waals surface area contributed by atoms with Crippen molar-refractivity contribution in [2.45, 2.75) is 25.3 Å². The summed E-state index contributed by atoms with van der Waals surface area (Å²) in [4.78, 5) is 20.4. The summed E-state index contributed by atoms with van der Waals surface area (Å²) in [5, 5.41) is 12.8. The molecule has 0 N–H and O–H groups in total. The van der Waals surface area contributed by atoms with Crippen molar-refractivity contribution >= 4 is 6.03 Å². The van der Waals surface area contributed by atoms with Crippen LogP contribution in [0.2, 0.25) is 0 Å². The first-order valence-corrected chi connectivity index (χ1v) is 9.04. The van der Waals surface area contributed by atoms with Gasteiger partial charge in [-0.3, -0.25) is 0 Å². The minimum Gasteiger partial charge on any atom is -0.378 e. The van der Waals surface area contributed by atoms with Crippen LogP contribution in [0.3, 0.4) is 0 Å². The van der Waals surface area contributed by atoms with Gasteiger partial charge in [-0.1, -0.05) is 0 Å². The van der Waals surface area contributed by atoms with E-state index in [0.717, 1.165) is 37.6 Å². The summed E-state index contributed by atoms with van der Waals surface area (Å²) in [6.07, 6.45) is 5.00. The Balaban J connectivity index is 1.36. The molecule has 2 fully saturated rings. The molecule has 10 nitrogen and oxygen atoms in total. The highest BCUT2D eigenvalue weighted by Gasteiger charge is 2.30. The smallest absolute Gasteiger partial charge is 0.320 e. The molecule has 2 aliphatic rings. The summed E-state index contributed by atoms with van der Waals surface area (Å²) in [6.45, 7) is 4.71. The molecule has 4 heterocycles. The number of hydrogen-bond acceptors (Lipinski definition) is 6. The third kappa shape index (κ3) is 3.41. The number of likely N-dealkylation sites (tertiary alicyclic amines) is 1. The second kappa shape index (κ2) is 7.40. The number of hydrogen-bond donors (Lipinski definition) is 0. The molecule has 0 bridgehead atoms. The number of amides is 2. The number of rotatable bonds is 3. The van der Waals surface area contributed by atoms with Crippen LogP contribution < -0.4 is 0 Å². The number of nitrogens with zero attached hydrogens (tertiary/aromatic N) is 8. The third-order valence-electron chi connectivity index (χ3n) is 5.18. The van der Waals surface area contributed by atoms with Gasteiger partial charge in [0.25, 0.3) is 0 Å². The molecule has 2 aromatic heterocycles. The average molecular weight is 360 g/mol.